The van der Waals surface area contributed by atoms with Gasteiger partial charge in [-0.1, -0.05) is 0 Å². The molecule has 0 saturated carbocycles. The van der Waals surface area contributed by atoms with E-state index in [4.69, 9.17) is 5.11 Å². The third kappa shape index (κ3) is 5.40. The van der Waals surface area contributed by atoms with Crippen LogP contribution >= 0.6 is 12.4 Å². The number of aromatic nitrogens is 4. The molecule has 2 aliphatic heterocycles. The SMILES string of the molecule is Cl.OCCn1cc(CN2CCN(c3nccnc3N3CCC(CO)CC3)CC2)cn1. The Morgan fingerprint density at radius 2 is 1.53 bits per heavy atom. The van der Waals surface area contributed by atoms with Crippen molar-refractivity contribution in [3.05, 3.63) is 30.4 Å². The molecule has 2 aromatic heterocycles. The van der Waals surface area contributed by atoms with Crippen molar-refractivity contribution in [2.45, 2.75) is 25.9 Å². The maximum Gasteiger partial charge on any atom is 0.172 e. The standard InChI is InChI=1S/C20H31N7O2.ClH/c28-12-11-27-15-18(13-23-27)14-24-7-9-26(10-8-24)20-19(21-3-4-22-20)25-5-1-17(16-29)2-6-25;/h3-4,13,15,17,28-29H,1-2,5-12,14,16H2;1H. The van der Waals surface area contributed by atoms with Gasteiger partial charge in [0.2, 0.25) is 0 Å². The highest BCUT2D eigenvalue weighted by Crippen LogP contribution is 2.29. The molecule has 0 unspecified atom stereocenters. The van der Waals surface area contributed by atoms with Crippen molar-refractivity contribution < 1.29 is 10.2 Å². The van der Waals surface area contributed by atoms with Gasteiger partial charge in [-0.05, 0) is 18.8 Å². The second kappa shape index (κ2) is 10.9. The van der Waals surface area contributed by atoms with E-state index >= 15 is 0 Å². The summed E-state index contributed by atoms with van der Waals surface area (Å²) in [5.41, 5.74) is 1.18. The Morgan fingerprint density at radius 3 is 2.13 bits per heavy atom. The van der Waals surface area contributed by atoms with Gasteiger partial charge in [0.05, 0.1) is 19.3 Å². The molecule has 9 nitrogen and oxygen atoms in total. The number of rotatable bonds is 7. The Balaban J connectivity index is 0.00000256. The minimum absolute atomic E-state index is 0. The fourth-order valence-electron chi connectivity index (χ4n) is 4.19. The van der Waals surface area contributed by atoms with E-state index in [1.165, 1.54) is 5.56 Å². The lowest BCUT2D eigenvalue weighted by molar-refractivity contribution is 0.202. The summed E-state index contributed by atoms with van der Waals surface area (Å²) in [6, 6.07) is 0. The van der Waals surface area contributed by atoms with Crippen molar-refractivity contribution in [2.24, 2.45) is 5.92 Å². The average Bonchev–Trinajstić information content (AvgIpc) is 3.21. The quantitative estimate of drug-likeness (QED) is 0.651. The van der Waals surface area contributed by atoms with Crippen LogP contribution in [0.4, 0.5) is 11.6 Å². The van der Waals surface area contributed by atoms with Gasteiger partial charge in [-0.3, -0.25) is 9.58 Å². The number of piperidine rings is 1. The van der Waals surface area contributed by atoms with Gasteiger partial charge >= 0.3 is 0 Å². The Labute approximate surface area is 183 Å². The minimum atomic E-state index is 0. The third-order valence-corrected chi connectivity index (χ3v) is 5.93. The van der Waals surface area contributed by atoms with Crippen LogP contribution in [0.1, 0.15) is 18.4 Å². The molecule has 2 aromatic rings. The molecule has 30 heavy (non-hydrogen) atoms. The summed E-state index contributed by atoms with van der Waals surface area (Å²) in [5.74, 6) is 2.37. The van der Waals surface area contributed by atoms with Crippen molar-refractivity contribution in [3.8, 4) is 0 Å². The molecular formula is C20H32ClN7O2. The normalized spacial score (nSPS) is 18.5. The summed E-state index contributed by atoms with van der Waals surface area (Å²) < 4.78 is 1.79. The number of anilines is 2. The zero-order valence-corrected chi connectivity index (χ0v) is 18.1. The van der Waals surface area contributed by atoms with Crippen LogP contribution < -0.4 is 9.80 Å². The van der Waals surface area contributed by atoms with Crippen molar-refractivity contribution >= 4 is 24.0 Å². The van der Waals surface area contributed by atoms with Gasteiger partial charge in [-0.2, -0.15) is 5.10 Å². The Kier molecular flexibility index (Phi) is 8.26. The molecule has 0 amide bonds. The minimum Gasteiger partial charge on any atom is -0.396 e. The predicted molar refractivity (Wildman–Crippen MR) is 118 cm³/mol. The molecule has 0 bridgehead atoms. The molecule has 2 aliphatic rings. The van der Waals surface area contributed by atoms with Crippen LogP contribution in [0.5, 0.6) is 0 Å². The first-order valence-corrected chi connectivity index (χ1v) is 10.5. The average molecular weight is 438 g/mol. The lowest BCUT2D eigenvalue weighted by atomic mass is 9.98. The van der Waals surface area contributed by atoms with Gasteiger partial charge in [-0.25, -0.2) is 9.97 Å². The van der Waals surface area contributed by atoms with Gasteiger partial charge in [0.25, 0.3) is 0 Å². The second-order valence-corrected chi connectivity index (χ2v) is 7.92. The molecule has 0 atom stereocenters. The van der Waals surface area contributed by atoms with Gasteiger partial charge in [0, 0.05) is 76.6 Å². The number of piperazine rings is 1. The van der Waals surface area contributed by atoms with Gasteiger partial charge < -0.3 is 20.0 Å². The zero-order chi connectivity index (χ0) is 20.1. The molecular weight excluding hydrogens is 406 g/mol. The summed E-state index contributed by atoms with van der Waals surface area (Å²) in [6.07, 6.45) is 9.46. The lowest BCUT2D eigenvalue weighted by Gasteiger charge is -2.38. The van der Waals surface area contributed by atoms with Crippen LogP contribution in [0.2, 0.25) is 0 Å². The first kappa shape index (κ1) is 22.7. The smallest absolute Gasteiger partial charge is 0.172 e. The Hall–Kier alpha value is -1.94. The number of nitrogens with zero attached hydrogens (tertiary/aromatic N) is 7. The highest BCUT2D eigenvalue weighted by molar-refractivity contribution is 5.85. The van der Waals surface area contributed by atoms with E-state index in [1.807, 2.05) is 12.4 Å². The molecule has 4 rings (SSSR count). The van der Waals surface area contributed by atoms with Crippen molar-refractivity contribution in [1.82, 2.24) is 24.6 Å². The lowest BCUT2D eigenvalue weighted by Crippen LogP contribution is -2.47. The van der Waals surface area contributed by atoms with Crippen molar-refractivity contribution in [1.29, 1.82) is 0 Å². The third-order valence-electron chi connectivity index (χ3n) is 5.93. The summed E-state index contributed by atoms with van der Waals surface area (Å²) in [5, 5.41) is 22.7. The van der Waals surface area contributed by atoms with E-state index in [2.05, 4.69) is 29.8 Å². The zero-order valence-electron chi connectivity index (χ0n) is 17.3. The van der Waals surface area contributed by atoms with Crippen molar-refractivity contribution in [2.75, 3.05) is 62.3 Å². The highest BCUT2D eigenvalue weighted by Gasteiger charge is 2.26. The fourth-order valence-corrected chi connectivity index (χ4v) is 4.19. The molecule has 4 heterocycles. The fraction of sp³-hybridized carbons (Fsp3) is 0.650. The second-order valence-electron chi connectivity index (χ2n) is 7.92. The van der Waals surface area contributed by atoms with Crippen LogP contribution in [0.15, 0.2) is 24.8 Å². The van der Waals surface area contributed by atoms with E-state index < -0.39 is 0 Å². The summed E-state index contributed by atoms with van der Waals surface area (Å²) in [7, 11) is 0. The number of hydrogen-bond acceptors (Lipinski definition) is 8. The number of hydrogen-bond donors (Lipinski definition) is 2. The van der Waals surface area contributed by atoms with Crippen LogP contribution in [0.25, 0.3) is 0 Å². The van der Waals surface area contributed by atoms with Gasteiger partial charge in [-0.15, -0.1) is 12.4 Å². The summed E-state index contributed by atoms with van der Waals surface area (Å²) in [4.78, 5) is 16.4. The molecule has 0 radical (unpaired) electrons. The van der Waals surface area contributed by atoms with E-state index in [1.54, 1.807) is 17.1 Å². The summed E-state index contributed by atoms with van der Waals surface area (Å²) in [6.45, 7) is 7.43. The molecule has 0 spiro atoms. The maximum absolute atomic E-state index is 9.39. The van der Waals surface area contributed by atoms with E-state index in [9.17, 15) is 5.11 Å². The topological polar surface area (TPSA) is 93.8 Å². The molecule has 166 valence electrons. The first-order valence-electron chi connectivity index (χ1n) is 10.5. The van der Waals surface area contributed by atoms with E-state index in [-0.39, 0.29) is 25.6 Å². The van der Waals surface area contributed by atoms with Crippen LogP contribution in [0.3, 0.4) is 0 Å². The van der Waals surface area contributed by atoms with Gasteiger partial charge in [0.1, 0.15) is 0 Å². The van der Waals surface area contributed by atoms with E-state index in [0.29, 0.717) is 12.5 Å². The molecule has 2 saturated heterocycles. The summed E-state index contributed by atoms with van der Waals surface area (Å²) >= 11 is 0. The highest BCUT2D eigenvalue weighted by atomic mass is 35.5. The maximum atomic E-state index is 9.39. The van der Waals surface area contributed by atoms with Gasteiger partial charge in [0.15, 0.2) is 11.6 Å². The Bertz CT molecular complexity index is 774. The van der Waals surface area contributed by atoms with Crippen LogP contribution in [-0.2, 0) is 13.1 Å². The molecule has 2 N–H and O–H groups in total. The van der Waals surface area contributed by atoms with Crippen molar-refractivity contribution in [3.63, 3.8) is 0 Å². The van der Waals surface area contributed by atoms with Crippen LogP contribution in [-0.4, -0.2) is 87.3 Å². The number of halogens is 1. The monoisotopic (exact) mass is 437 g/mol. The first-order chi connectivity index (χ1) is 14.3. The molecule has 0 aliphatic carbocycles. The molecule has 10 heteroatoms. The number of aliphatic hydroxyl groups is 2. The largest absolute Gasteiger partial charge is 0.396 e. The van der Waals surface area contributed by atoms with Crippen LogP contribution in [0, 0.1) is 5.92 Å². The predicted octanol–water partition coefficient (Wildman–Crippen LogP) is 0.618. The molecule has 2 fully saturated rings. The number of aliphatic hydroxyl groups excluding tert-OH is 2. The molecule has 0 aromatic carbocycles. The Morgan fingerprint density at radius 1 is 0.900 bits per heavy atom. The van der Waals surface area contributed by atoms with E-state index in [0.717, 1.165) is 70.3 Å².